The first-order valence-electron chi connectivity index (χ1n) is 8.66. The number of aryl methyl sites for hydroxylation is 1. The van der Waals surface area contributed by atoms with E-state index in [4.69, 9.17) is 16.6 Å². The quantitative estimate of drug-likeness (QED) is 0.557. The number of thiophene rings is 1. The van der Waals surface area contributed by atoms with Crippen molar-refractivity contribution in [1.82, 2.24) is 5.32 Å². The lowest BCUT2D eigenvalue weighted by molar-refractivity contribution is 0.414. The Hall–Kier alpha value is -2.34. The maximum Gasteiger partial charge on any atom is 0.135 e. The molecule has 4 nitrogen and oxygen atoms in total. The maximum absolute atomic E-state index is 10.4. The van der Waals surface area contributed by atoms with Crippen molar-refractivity contribution in [2.45, 2.75) is 25.6 Å². The lowest BCUT2D eigenvalue weighted by Gasteiger charge is -2.31. The minimum atomic E-state index is -0.253. The SMILES string of the molecule is Cc1ccsc1[C@H]1N=C(c2ccccc2O)C[C@@H](c2cc(Cl)ccc2O)N1. The number of phenolic OH excluding ortho intramolecular Hbond substituents is 2. The van der Waals surface area contributed by atoms with E-state index in [-0.39, 0.29) is 23.7 Å². The molecule has 2 atom stereocenters. The number of nitrogens with zero attached hydrogens (tertiary/aromatic N) is 1. The average Bonchev–Trinajstić information content (AvgIpc) is 3.10. The summed E-state index contributed by atoms with van der Waals surface area (Å²) < 4.78 is 0. The molecule has 27 heavy (non-hydrogen) atoms. The van der Waals surface area contributed by atoms with Crippen molar-refractivity contribution in [2.24, 2.45) is 4.99 Å². The van der Waals surface area contributed by atoms with Crippen molar-refractivity contribution in [1.29, 1.82) is 0 Å². The lowest BCUT2D eigenvalue weighted by atomic mass is 9.93. The highest BCUT2D eigenvalue weighted by molar-refractivity contribution is 7.10. The molecular formula is C21H19ClN2O2S. The number of nitrogens with one attached hydrogen (secondary N) is 1. The summed E-state index contributed by atoms with van der Waals surface area (Å²) in [5, 5.41) is 26.8. The summed E-state index contributed by atoms with van der Waals surface area (Å²) >= 11 is 7.81. The molecular weight excluding hydrogens is 380 g/mol. The molecule has 3 aromatic rings. The number of hydrogen-bond acceptors (Lipinski definition) is 5. The molecule has 1 aromatic heterocycles. The summed E-state index contributed by atoms with van der Waals surface area (Å²) in [6.45, 7) is 2.06. The van der Waals surface area contributed by atoms with Crippen LogP contribution in [-0.4, -0.2) is 15.9 Å². The van der Waals surface area contributed by atoms with E-state index in [1.54, 1.807) is 41.7 Å². The van der Waals surface area contributed by atoms with Crippen LogP contribution in [-0.2, 0) is 0 Å². The maximum atomic E-state index is 10.4. The van der Waals surface area contributed by atoms with E-state index in [2.05, 4.69) is 18.3 Å². The minimum absolute atomic E-state index is 0.178. The monoisotopic (exact) mass is 398 g/mol. The highest BCUT2D eigenvalue weighted by Gasteiger charge is 2.29. The first kappa shape index (κ1) is 18.0. The van der Waals surface area contributed by atoms with Gasteiger partial charge in [0.05, 0.1) is 5.71 Å². The molecule has 6 heteroatoms. The Morgan fingerprint density at radius 1 is 1.11 bits per heavy atom. The van der Waals surface area contributed by atoms with Gasteiger partial charge in [-0.2, -0.15) is 0 Å². The molecule has 4 rings (SSSR count). The Balaban J connectivity index is 1.80. The van der Waals surface area contributed by atoms with Gasteiger partial charge in [0.25, 0.3) is 0 Å². The number of aliphatic imine (C=N–C) groups is 1. The van der Waals surface area contributed by atoms with E-state index in [1.165, 1.54) is 0 Å². The molecule has 0 saturated carbocycles. The molecule has 0 radical (unpaired) electrons. The van der Waals surface area contributed by atoms with Crippen molar-refractivity contribution >= 4 is 28.6 Å². The van der Waals surface area contributed by atoms with Gasteiger partial charge < -0.3 is 10.2 Å². The third-order valence-corrected chi connectivity index (χ3v) is 6.08. The Bertz CT molecular complexity index is 1010. The van der Waals surface area contributed by atoms with Gasteiger partial charge in [0.15, 0.2) is 0 Å². The van der Waals surface area contributed by atoms with Crippen LogP contribution in [0.1, 0.15) is 40.2 Å². The number of hydrogen-bond donors (Lipinski definition) is 3. The lowest BCUT2D eigenvalue weighted by Crippen LogP contribution is -2.33. The molecule has 0 spiro atoms. The average molecular weight is 399 g/mol. The topological polar surface area (TPSA) is 64.9 Å². The molecule has 0 aliphatic carbocycles. The smallest absolute Gasteiger partial charge is 0.135 e. The summed E-state index contributed by atoms with van der Waals surface area (Å²) in [6.07, 6.45) is 0.281. The van der Waals surface area contributed by atoms with Crippen molar-refractivity contribution in [2.75, 3.05) is 0 Å². The Kier molecular flexibility index (Phi) is 4.91. The van der Waals surface area contributed by atoms with E-state index in [0.29, 0.717) is 17.0 Å². The molecule has 0 bridgehead atoms. The second kappa shape index (κ2) is 7.35. The molecule has 0 fully saturated rings. The van der Waals surface area contributed by atoms with Crippen molar-refractivity contribution in [3.05, 3.63) is 80.5 Å². The highest BCUT2D eigenvalue weighted by atomic mass is 35.5. The fourth-order valence-corrected chi connectivity index (χ4v) is 4.49. The van der Waals surface area contributed by atoms with Gasteiger partial charge in [-0.3, -0.25) is 10.3 Å². The Morgan fingerprint density at radius 3 is 2.67 bits per heavy atom. The largest absolute Gasteiger partial charge is 0.508 e. The number of para-hydroxylation sites is 1. The van der Waals surface area contributed by atoms with Crippen molar-refractivity contribution in [3.8, 4) is 11.5 Å². The van der Waals surface area contributed by atoms with E-state index in [1.807, 2.05) is 17.5 Å². The van der Waals surface area contributed by atoms with E-state index < -0.39 is 0 Å². The Morgan fingerprint density at radius 2 is 1.93 bits per heavy atom. The molecule has 0 amide bonds. The van der Waals surface area contributed by atoms with Gasteiger partial charge in [-0.25, -0.2) is 0 Å². The molecule has 3 N–H and O–H groups in total. The van der Waals surface area contributed by atoms with Gasteiger partial charge in [-0.1, -0.05) is 23.7 Å². The molecule has 1 aliphatic rings. The zero-order chi connectivity index (χ0) is 19.0. The molecule has 0 unspecified atom stereocenters. The van der Waals surface area contributed by atoms with E-state index in [9.17, 15) is 10.2 Å². The Labute approximate surface area is 166 Å². The first-order chi connectivity index (χ1) is 13.0. The van der Waals surface area contributed by atoms with E-state index in [0.717, 1.165) is 21.7 Å². The summed E-state index contributed by atoms with van der Waals surface area (Å²) in [7, 11) is 0. The summed E-state index contributed by atoms with van der Waals surface area (Å²) in [5.41, 5.74) is 3.40. The third kappa shape index (κ3) is 3.58. The normalized spacial score (nSPS) is 19.7. The predicted octanol–water partition coefficient (Wildman–Crippen LogP) is 5.34. The van der Waals surface area contributed by atoms with Crippen molar-refractivity contribution < 1.29 is 10.2 Å². The molecule has 138 valence electrons. The first-order valence-corrected chi connectivity index (χ1v) is 9.92. The number of phenols is 2. The summed E-state index contributed by atoms with van der Waals surface area (Å²) in [6, 6.07) is 14.2. The van der Waals surface area contributed by atoms with Gasteiger partial charge in [0.1, 0.15) is 17.7 Å². The van der Waals surface area contributed by atoms with Crippen molar-refractivity contribution in [3.63, 3.8) is 0 Å². The van der Waals surface area contributed by atoms with Crippen LogP contribution in [0.4, 0.5) is 0 Å². The van der Waals surface area contributed by atoms with Gasteiger partial charge >= 0.3 is 0 Å². The van der Waals surface area contributed by atoms with Gasteiger partial charge in [-0.15, -0.1) is 11.3 Å². The van der Waals surface area contributed by atoms with Crippen LogP contribution < -0.4 is 5.32 Å². The predicted molar refractivity (Wildman–Crippen MR) is 110 cm³/mol. The highest BCUT2D eigenvalue weighted by Crippen LogP contribution is 2.38. The van der Waals surface area contributed by atoms with E-state index >= 15 is 0 Å². The van der Waals surface area contributed by atoms with Crippen LogP contribution in [0, 0.1) is 6.92 Å². The molecule has 2 heterocycles. The van der Waals surface area contributed by atoms with Crippen LogP contribution in [0.5, 0.6) is 11.5 Å². The zero-order valence-corrected chi connectivity index (χ0v) is 16.3. The van der Waals surface area contributed by atoms with Crippen LogP contribution >= 0.6 is 22.9 Å². The number of aromatic hydroxyl groups is 2. The van der Waals surface area contributed by atoms with Gasteiger partial charge in [-0.05, 0) is 54.3 Å². The summed E-state index contributed by atoms with van der Waals surface area (Å²) in [4.78, 5) is 6.00. The zero-order valence-electron chi connectivity index (χ0n) is 14.7. The second-order valence-electron chi connectivity index (χ2n) is 6.59. The molecule has 1 aliphatic heterocycles. The fourth-order valence-electron chi connectivity index (χ4n) is 3.39. The van der Waals surface area contributed by atoms with Crippen LogP contribution in [0.3, 0.4) is 0 Å². The van der Waals surface area contributed by atoms with Crippen LogP contribution in [0.25, 0.3) is 0 Å². The minimum Gasteiger partial charge on any atom is -0.508 e. The summed E-state index contributed by atoms with van der Waals surface area (Å²) in [5.74, 6) is 0.394. The van der Waals surface area contributed by atoms with Gasteiger partial charge in [0, 0.05) is 33.5 Å². The molecule has 2 aromatic carbocycles. The molecule has 0 saturated heterocycles. The number of benzene rings is 2. The standard InChI is InChI=1S/C21H19ClN2O2S/c1-12-8-9-27-20(12)21-23-16(14-4-2-3-5-18(14)25)11-17(24-21)15-10-13(22)6-7-19(15)26/h2-10,17,21,24-26H,11H2,1H3/t17-,21-/m0/s1. The third-order valence-electron chi connectivity index (χ3n) is 4.77. The van der Waals surface area contributed by atoms with Crippen LogP contribution in [0.2, 0.25) is 5.02 Å². The van der Waals surface area contributed by atoms with Crippen LogP contribution in [0.15, 0.2) is 58.9 Å². The second-order valence-corrected chi connectivity index (χ2v) is 7.97. The van der Waals surface area contributed by atoms with Gasteiger partial charge in [0.2, 0.25) is 0 Å². The fraction of sp³-hybridized carbons (Fsp3) is 0.190. The number of rotatable bonds is 3. The number of halogens is 1.